The second-order valence-electron chi connectivity index (χ2n) is 6.03. The second-order valence-corrected chi connectivity index (χ2v) is 6.03. The highest BCUT2D eigenvalue weighted by Crippen LogP contribution is 2.27. The zero-order valence-corrected chi connectivity index (χ0v) is 12.1. The number of rotatable bonds is 3. The molecule has 1 aliphatic rings. The van der Waals surface area contributed by atoms with Crippen LogP contribution in [0.5, 0.6) is 0 Å². The predicted octanol–water partition coefficient (Wildman–Crippen LogP) is 3.26. The Labute approximate surface area is 125 Å². The topological polar surface area (TPSA) is 49.3 Å². The van der Waals surface area contributed by atoms with Gasteiger partial charge >= 0.3 is 0 Å². The van der Waals surface area contributed by atoms with Crippen molar-refractivity contribution < 1.29 is 9.90 Å². The fraction of sp³-hybridized carbons (Fsp3) is 0.389. The van der Waals surface area contributed by atoms with Crippen molar-refractivity contribution >= 4 is 16.7 Å². The van der Waals surface area contributed by atoms with Gasteiger partial charge in [0.1, 0.15) is 0 Å². The Hall–Kier alpha value is -1.87. The van der Waals surface area contributed by atoms with Crippen LogP contribution in [0, 0.1) is 0 Å². The Kier molecular flexibility index (Phi) is 3.93. The minimum atomic E-state index is -0.718. The molecule has 0 radical (unpaired) electrons. The summed E-state index contributed by atoms with van der Waals surface area (Å²) in [5.41, 5.74) is -0.0711. The van der Waals surface area contributed by atoms with Crippen LogP contribution >= 0.6 is 0 Å². The van der Waals surface area contributed by atoms with E-state index in [0.717, 1.165) is 36.5 Å². The molecule has 0 aromatic heterocycles. The van der Waals surface area contributed by atoms with Crippen LogP contribution in [0.4, 0.5) is 0 Å². The van der Waals surface area contributed by atoms with Crippen LogP contribution in [0.3, 0.4) is 0 Å². The minimum absolute atomic E-state index is 0.111. The van der Waals surface area contributed by atoms with Gasteiger partial charge in [0.25, 0.3) is 5.91 Å². The number of carbonyl (C=O) groups is 1. The van der Waals surface area contributed by atoms with E-state index < -0.39 is 5.60 Å². The van der Waals surface area contributed by atoms with Crippen LogP contribution in [0.2, 0.25) is 0 Å². The van der Waals surface area contributed by atoms with E-state index in [1.54, 1.807) is 0 Å². The zero-order chi connectivity index (χ0) is 14.7. The first kappa shape index (κ1) is 14.1. The van der Waals surface area contributed by atoms with E-state index in [1.807, 2.05) is 42.5 Å². The molecule has 0 atom stereocenters. The molecule has 3 rings (SSSR count). The van der Waals surface area contributed by atoms with E-state index in [1.165, 1.54) is 6.42 Å². The molecular formula is C18H21NO2. The average molecular weight is 283 g/mol. The number of benzene rings is 2. The molecule has 0 aliphatic heterocycles. The van der Waals surface area contributed by atoms with Gasteiger partial charge < -0.3 is 10.4 Å². The molecule has 1 amide bonds. The van der Waals surface area contributed by atoms with Crippen molar-refractivity contribution in [1.82, 2.24) is 5.32 Å². The van der Waals surface area contributed by atoms with Crippen molar-refractivity contribution in [2.45, 2.75) is 37.7 Å². The predicted molar refractivity (Wildman–Crippen MR) is 84.3 cm³/mol. The van der Waals surface area contributed by atoms with Gasteiger partial charge in [-0.3, -0.25) is 4.79 Å². The summed E-state index contributed by atoms with van der Waals surface area (Å²) in [6.07, 6.45) is 4.83. The van der Waals surface area contributed by atoms with Crippen LogP contribution in [0.1, 0.15) is 42.5 Å². The van der Waals surface area contributed by atoms with E-state index in [9.17, 15) is 9.90 Å². The van der Waals surface area contributed by atoms with Gasteiger partial charge in [-0.15, -0.1) is 0 Å². The van der Waals surface area contributed by atoms with Gasteiger partial charge in [-0.05, 0) is 35.7 Å². The molecule has 1 aliphatic carbocycles. The lowest BCUT2D eigenvalue weighted by Crippen LogP contribution is -2.44. The SMILES string of the molecule is O=C(NCC1(O)CCCCC1)c1ccc2ccccc2c1. The molecule has 2 N–H and O–H groups in total. The third-order valence-electron chi connectivity index (χ3n) is 4.37. The lowest BCUT2D eigenvalue weighted by Gasteiger charge is -2.32. The lowest BCUT2D eigenvalue weighted by molar-refractivity contribution is 0.00526. The normalized spacial score (nSPS) is 17.6. The van der Waals surface area contributed by atoms with E-state index in [4.69, 9.17) is 0 Å². The highest BCUT2D eigenvalue weighted by Gasteiger charge is 2.29. The maximum Gasteiger partial charge on any atom is 0.251 e. The van der Waals surface area contributed by atoms with Crippen molar-refractivity contribution in [2.24, 2.45) is 0 Å². The Morgan fingerprint density at radius 3 is 2.52 bits per heavy atom. The van der Waals surface area contributed by atoms with Crippen LogP contribution in [0.15, 0.2) is 42.5 Å². The summed E-state index contributed by atoms with van der Waals surface area (Å²) < 4.78 is 0. The molecule has 21 heavy (non-hydrogen) atoms. The largest absolute Gasteiger partial charge is 0.388 e. The highest BCUT2D eigenvalue weighted by atomic mass is 16.3. The van der Waals surface area contributed by atoms with Crippen molar-refractivity contribution in [2.75, 3.05) is 6.54 Å². The van der Waals surface area contributed by atoms with Crippen molar-refractivity contribution in [3.8, 4) is 0 Å². The number of hydrogen-bond acceptors (Lipinski definition) is 2. The molecule has 0 bridgehead atoms. The first-order chi connectivity index (χ1) is 10.2. The summed E-state index contributed by atoms with van der Waals surface area (Å²) in [6.45, 7) is 0.346. The van der Waals surface area contributed by atoms with Gasteiger partial charge in [0.05, 0.1) is 5.60 Å². The molecular weight excluding hydrogens is 262 g/mol. The Balaban J connectivity index is 1.69. The highest BCUT2D eigenvalue weighted by molar-refractivity contribution is 5.98. The third kappa shape index (κ3) is 3.24. The Bertz CT molecular complexity index is 644. The van der Waals surface area contributed by atoms with E-state index in [0.29, 0.717) is 12.1 Å². The quantitative estimate of drug-likeness (QED) is 0.908. The summed E-state index contributed by atoms with van der Waals surface area (Å²) in [7, 11) is 0. The number of fused-ring (bicyclic) bond motifs is 1. The molecule has 3 nitrogen and oxygen atoms in total. The number of carbonyl (C=O) groups excluding carboxylic acids is 1. The fourth-order valence-corrected chi connectivity index (χ4v) is 3.06. The number of nitrogens with one attached hydrogen (secondary N) is 1. The number of amides is 1. The van der Waals surface area contributed by atoms with Crippen LogP contribution in [0.25, 0.3) is 10.8 Å². The van der Waals surface area contributed by atoms with Crippen LogP contribution < -0.4 is 5.32 Å². The van der Waals surface area contributed by atoms with E-state index in [2.05, 4.69) is 5.32 Å². The van der Waals surface area contributed by atoms with Crippen molar-refractivity contribution in [3.63, 3.8) is 0 Å². The summed E-state index contributed by atoms with van der Waals surface area (Å²) in [5.74, 6) is -0.111. The molecule has 0 unspecified atom stereocenters. The summed E-state index contributed by atoms with van der Waals surface area (Å²) >= 11 is 0. The smallest absolute Gasteiger partial charge is 0.251 e. The van der Waals surface area contributed by atoms with Crippen LogP contribution in [-0.4, -0.2) is 23.2 Å². The summed E-state index contributed by atoms with van der Waals surface area (Å²) in [4.78, 5) is 12.3. The second kappa shape index (κ2) is 5.86. The molecule has 0 heterocycles. The molecule has 3 heteroatoms. The summed E-state index contributed by atoms with van der Waals surface area (Å²) in [5, 5.41) is 15.5. The number of hydrogen-bond donors (Lipinski definition) is 2. The van der Waals surface area contributed by atoms with Gasteiger partial charge in [-0.25, -0.2) is 0 Å². The van der Waals surface area contributed by atoms with Crippen LogP contribution in [-0.2, 0) is 0 Å². The van der Waals surface area contributed by atoms with Gasteiger partial charge in [0.2, 0.25) is 0 Å². The Morgan fingerprint density at radius 2 is 1.76 bits per heavy atom. The maximum absolute atomic E-state index is 12.3. The van der Waals surface area contributed by atoms with Gasteiger partial charge in [-0.1, -0.05) is 49.6 Å². The van der Waals surface area contributed by atoms with Gasteiger partial charge in [0, 0.05) is 12.1 Å². The molecule has 1 fully saturated rings. The molecule has 1 saturated carbocycles. The van der Waals surface area contributed by atoms with Gasteiger partial charge in [-0.2, -0.15) is 0 Å². The first-order valence-corrected chi connectivity index (χ1v) is 7.66. The standard InChI is InChI=1S/C18H21NO2/c20-17(19-13-18(21)10-4-1-5-11-18)16-9-8-14-6-2-3-7-15(14)12-16/h2-3,6-9,12,21H,1,4-5,10-11,13H2,(H,19,20). The molecule has 110 valence electrons. The Morgan fingerprint density at radius 1 is 1.05 bits per heavy atom. The third-order valence-corrected chi connectivity index (χ3v) is 4.37. The van der Waals surface area contributed by atoms with E-state index in [-0.39, 0.29) is 5.91 Å². The molecule has 2 aromatic carbocycles. The number of aliphatic hydroxyl groups is 1. The van der Waals surface area contributed by atoms with Crippen molar-refractivity contribution in [1.29, 1.82) is 0 Å². The summed E-state index contributed by atoms with van der Waals surface area (Å²) in [6, 6.07) is 13.7. The molecule has 0 spiro atoms. The lowest BCUT2D eigenvalue weighted by atomic mass is 9.85. The monoisotopic (exact) mass is 283 g/mol. The maximum atomic E-state index is 12.3. The first-order valence-electron chi connectivity index (χ1n) is 7.66. The van der Waals surface area contributed by atoms with Gasteiger partial charge in [0.15, 0.2) is 0 Å². The van der Waals surface area contributed by atoms with Crippen molar-refractivity contribution in [3.05, 3.63) is 48.0 Å². The minimum Gasteiger partial charge on any atom is -0.388 e. The van der Waals surface area contributed by atoms with E-state index >= 15 is 0 Å². The molecule has 2 aromatic rings. The average Bonchev–Trinajstić information content (AvgIpc) is 2.53. The fourth-order valence-electron chi connectivity index (χ4n) is 3.06. The zero-order valence-electron chi connectivity index (χ0n) is 12.1. The molecule has 0 saturated heterocycles.